The van der Waals surface area contributed by atoms with Crippen LogP contribution in [0.4, 0.5) is 11.4 Å². The zero-order valence-electron chi connectivity index (χ0n) is 15.7. The second-order valence-electron chi connectivity index (χ2n) is 6.40. The molecular weight excluding hydrogens is 378 g/mol. The van der Waals surface area contributed by atoms with E-state index >= 15 is 0 Å². The van der Waals surface area contributed by atoms with Crippen molar-refractivity contribution in [2.75, 3.05) is 12.5 Å². The Morgan fingerprint density at radius 2 is 2.07 bits per heavy atom. The first-order chi connectivity index (χ1) is 13.9. The van der Waals surface area contributed by atoms with E-state index in [1.807, 2.05) is 19.1 Å². The second-order valence-corrected chi connectivity index (χ2v) is 6.40. The van der Waals surface area contributed by atoms with Crippen molar-refractivity contribution < 1.29 is 19.6 Å². The number of amides is 1. The molecule has 1 aliphatic rings. The number of carbonyl (C=O) groups is 1. The van der Waals surface area contributed by atoms with Gasteiger partial charge in [-0.2, -0.15) is 10.2 Å². The average molecular weight is 397 g/mol. The molecule has 0 saturated carbocycles. The predicted molar refractivity (Wildman–Crippen MR) is 107 cm³/mol. The number of nitro benzene ring substituents is 1. The lowest BCUT2D eigenvalue weighted by molar-refractivity contribution is -0.385. The minimum Gasteiger partial charge on any atom is -0.504 e. The SMILES string of the molecule is COc1c(O)ccc(C=NNc2ccc(C3=NNC(=O)C[C@H]3C)cc2)c1[N+](=O)[O-]. The standard InChI is InChI=1S/C19H19N5O5/c1-11-9-16(26)22-23-17(11)12-3-6-14(7-4-12)21-20-10-13-5-8-15(25)19(29-2)18(13)24(27)28/h3-8,10-11,21,25H,9H2,1-2H3,(H,22,26)/t11-/m1/s1. The van der Waals surface area contributed by atoms with E-state index in [9.17, 15) is 20.0 Å². The smallest absolute Gasteiger partial charge is 0.323 e. The van der Waals surface area contributed by atoms with Gasteiger partial charge in [-0.3, -0.25) is 20.3 Å². The van der Waals surface area contributed by atoms with E-state index in [0.717, 1.165) is 11.3 Å². The van der Waals surface area contributed by atoms with Crippen LogP contribution in [0.25, 0.3) is 0 Å². The molecule has 0 aliphatic carbocycles. The molecule has 0 bridgehead atoms. The van der Waals surface area contributed by atoms with Crippen LogP contribution in [-0.4, -0.2) is 35.0 Å². The number of phenolic OH excluding ortho intramolecular Hbond substituents is 1. The maximum absolute atomic E-state index is 11.4. The largest absolute Gasteiger partial charge is 0.504 e. The van der Waals surface area contributed by atoms with Gasteiger partial charge < -0.3 is 9.84 Å². The molecule has 1 atom stereocenters. The molecular formula is C19H19N5O5. The van der Waals surface area contributed by atoms with Crippen molar-refractivity contribution in [2.45, 2.75) is 13.3 Å². The summed E-state index contributed by atoms with van der Waals surface area (Å²) in [4.78, 5) is 22.0. The number of aromatic hydroxyl groups is 1. The van der Waals surface area contributed by atoms with Gasteiger partial charge in [0.25, 0.3) is 0 Å². The maximum atomic E-state index is 11.4. The Kier molecular flexibility index (Phi) is 5.72. The van der Waals surface area contributed by atoms with Crippen LogP contribution >= 0.6 is 0 Å². The molecule has 150 valence electrons. The number of benzene rings is 2. The predicted octanol–water partition coefficient (Wildman–Crippen LogP) is 2.62. The summed E-state index contributed by atoms with van der Waals surface area (Å²) >= 11 is 0. The molecule has 0 spiro atoms. The molecule has 29 heavy (non-hydrogen) atoms. The first-order valence-corrected chi connectivity index (χ1v) is 8.71. The summed E-state index contributed by atoms with van der Waals surface area (Å²) in [7, 11) is 1.24. The number of anilines is 1. The van der Waals surface area contributed by atoms with Gasteiger partial charge >= 0.3 is 5.69 Å². The van der Waals surface area contributed by atoms with E-state index in [2.05, 4.69) is 21.1 Å². The molecule has 3 N–H and O–H groups in total. The molecule has 0 radical (unpaired) electrons. The Bertz CT molecular complexity index is 1000. The highest BCUT2D eigenvalue weighted by Crippen LogP contribution is 2.37. The topological polar surface area (TPSA) is 138 Å². The van der Waals surface area contributed by atoms with Gasteiger partial charge in [0.1, 0.15) is 0 Å². The number of nitro groups is 1. The van der Waals surface area contributed by atoms with Gasteiger partial charge in [-0.1, -0.05) is 19.1 Å². The van der Waals surface area contributed by atoms with Crippen molar-refractivity contribution in [3.63, 3.8) is 0 Å². The van der Waals surface area contributed by atoms with Crippen LogP contribution in [-0.2, 0) is 4.79 Å². The molecule has 2 aromatic rings. The van der Waals surface area contributed by atoms with Crippen molar-refractivity contribution in [2.24, 2.45) is 16.1 Å². The van der Waals surface area contributed by atoms with E-state index in [-0.39, 0.29) is 34.6 Å². The van der Waals surface area contributed by atoms with E-state index in [0.29, 0.717) is 12.1 Å². The number of hydrogen-bond donors (Lipinski definition) is 3. The van der Waals surface area contributed by atoms with Crippen LogP contribution in [0, 0.1) is 16.0 Å². The van der Waals surface area contributed by atoms with Crippen molar-refractivity contribution in [3.05, 3.63) is 57.6 Å². The molecule has 1 heterocycles. The molecule has 2 aromatic carbocycles. The van der Waals surface area contributed by atoms with Gasteiger partial charge in [-0.25, -0.2) is 5.43 Å². The Hall–Kier alpha value is -3.95. The Balaban J connectivity index is 1.75. The lowest BCUT2D eigenvalue weighted by Gasteiger charge is -2.19. The van der Waals surface area contributed by atoms with E-state index in [1.54, 1.807) is 12.1 Å². The number of ether oxygens (including phenoxy) is 1. The Morgan fingerprint density at radius 1 is 1.34 bits per heavy atom. The summed E-state index contributed by atoms with van der Waals surface area (Å²) in [5.74, 6) is -0.631. The lowest BCUT2D eigenvalue weighted by atomic mass is 9.94. The Morgan fingerprint density at radius 3 is 2.69 bits per heavy atom. The summed E-state index contributed by atoms with van der Waals surface area (Å²) < 4.78 is 4.92. The molecule has 0 saturated heterocycles. The van der Waals surface area contributed by atoms with Gasteiger partial charge in [0.15, 0.2) is 5.75 Å². The zero-order valence-corrected chi connectivity index (χ0v) is 15.7. The summed E-state index contributed by atoms with van der Waals surface area (Å²) in [6, 6.07) is 9.93. The number of rotatable bonds is 6. The van der Waals surface area contributed by atoms with Gasteiger partial charge in [0.05, 0.1) is 35.2 Å². The van der Waals surface area contributed by atoms with Crippen LogP contribution in [0.5, 0.6) is 11.5 Å². The Labute approximate surface area is 166 Å². The fraction of sp³-hybridized carbons (Fsp3) is 0.211. The van der Waals surface area contributed by atoms with Crippen LogP contribution in [0.3, 0.4) is 0 Å². The van der Waals surface area contributed by atoms with Crippen LogP contribution in [0.1, 0.15) is 24.5 Å². The fourth-order valence-electron chi connectivity index (χ4n) is 2.96. The van der Waals surface area contributed by atoms with Crippen LogP contribution < -0.4 is 15.6 Å². The van der Waals surface area contributed by atoms with Crippen LogP contribution in [0.15, 0.2) is 46.6 Å². The minimum absolute atomic E-state index is 0.0191. The monoisotopic (exact) mass is 397 g/mol. The van der Waals surface area contributed by atoms with E-state index in [4.69, 9.17) is 4.74 Å². The van der Waals surface area contributed by atoms with E-state index in [1.165, 1.54) is 25.5 Å². The molecule has 10 heteroatoms. The third-order valence-corrected chi connectivity index (χ3v) is 4.37. The number of hydrazone groups is 2. The number of nitrogens with one attached hydrogen (secondary N) is 2. The highest BCUT2D eigenvalue weighted by atomic mass is 16.6. The summed E-state index contributed by atoms with van der Waals surface area (Å²) in [6.45, 7) is 1.94. The van der Waals surface area contributed by atoms with Crippen LogP contribution in [0.2, 0.25) is 0 Å². The fourth-order valence-corrected chi connectivity index (χ4v) is 2.96. The number of hydrogen-bond acceptors (Lipinski definition) is 8. The van der Waals surface area contributed by atoms with Crippen molar-refractivity contribution >= 4 is 29.2 Å². The summed E-state index contributed by atoms with van der Waals surface area (Å²) in [5, 5.41) is 29.2. The second kappa shape index (κ2) is 8.38. The third-order valence-electron chi connectivity index (χ3n) is 4.37. The molecule has 1 amide bonds. The van der Waals surface area contributed by atoms with Crippen molar-refractivity contribution in [1.29, 1.82) is 0 Å². The van der Waals surface area contributed by atoms with Gasteiger partial charge in [0.2, 0.25) is 11.7 Å². The van der Waals surface area contributed by atoms with Crippen molar-refractivity contribution in [3.8, 4) is 11.5 Å². The molecule has 3 rings (SSSR count). The van der Waals surface area contributed by atoms with Crippen molar-refractivity contribution in [1.82, 2.24) is 5.43 Å². The van der Waals surface area contributed by atoms with Gasteiger partial charge in [-0.15, -0.1) is 0 Å². The normalized spacial score (nSPS) is 16.3. The third kappa shape index (κ3) is 4.32. The molecule has 0 fully saturated rings. The number of methoxy groups -OCH3 is 1. The first-order valence-electron chi connectivity index (χ1n) is 8.71. The summed E-state index contributed by atoms with van der Waals surface area (Å²) in [5.41, 5.74) is 7.41. The van der Waals surface area contributed by atoms with E-state index < -0.39 is 4.92 Å². The number of phenols is 1. The highest BCUT2D eigenvalue weighted by molar-refractivity contribution is 6.05. The average Bonchev–Trinajstić information content (AvgIpc) is 2.69. The quantitative estimate of drug-likeness (QED) is 0.389. The zero-order chi connectivity index (χ0) is 21.0. The minimum atomic E-state index is -0.639. The molecule has 10 nitrogen and oxygen atoms in total. The highest BCUT2D eigenvalue weighted by Gasteiger charge is 2.23. The lowest BCUT2D eigenvalue weighted by Crippen LogP contribution is -2.31. The first kappa shape index (κ1) is 19.8. The molecule has 0 unspecified atom stereocenters. The van der Waals surface area contributed by atoms with Gasteiger partial charge in [0, 0.05) is 12.3 Å². The number of carbonyl (C=O) groups excluding carboxylic acids is 1. The summed E-state index contributed by atoms with van der Waals surface area (Å²) in [6.07, 6.45) is 1.66. The van der Waals surface area contributed by atoms with Gasteiger partial charge in [-0.05, 0) is 29.8 Å². The number of nitrogens with zero attached hydrogens (tertiary/aromatic N) is 3. The molecule has 1 aliphatic heterocycles. The molecule has 0 aromatic heterocycles. The maximum Gasteiger partial charge on any atom is 0.323 e.